The Bertz CT molecular complexity index is 372. The van der Waals surface area contributed by atoms with E-state index in [0.717, 1.165) is 31.7 Å². The number of amides is 1. The Morgan fingerprint density at radius 2 is 1.80 bits per heavy atom. The molecule has 1 aromatic rings. The molecular formula is C17H27NO2. The van der Waals surface area contributed by atoms with Crippen LogP contribution in [0.3, 0.4) is 0 Å². The van der Waals surface area contributed by atoms with Crippen LogP contribution < -0.4 is 0 Å². The minimum atomic E-state index is 0.0913. The average Bonchev–Trinajstić information content (AvgIpc) is 2.97. The van der Waals surface area contributed by atoms with Crippen LogP contribution in [0.2, 0.25) is 0 Å². The molecule has 0 N–H and O–H groups in total. The summed E-state index contributed by atoms with van der Waals surface area (Å²) in [6, 6.07) is 3.67. The molecule has 1 amide bonds. The van der Waals surface area contributed by atoms with Gasteiger partial charge in [-0.05, 0) is 31.1 Å². The lowest BCUT2D eigenvalue weighted by Crippen LogP contribution is -2.31. The van der Waals surface area contributed by atoms with Crippen molar-refractivity contribution < 1.29 is 9.21 Å². The first kappa shape index (κ1) is 16.5. The van der Waals surface area contributed by atoms with E-state index in [2.05, 4.69) is 13.8 Å². The third-order valence-electron chi connectivity index (χ3n) is 3.31. The summed E-state index contributed by atoms with van der Waals surface area (Å²) < 4.78 is 5.20. The molecule has 0 saturated heterocycles. The molecule has 0 aliphatic heterocycles. The minimum absolute atomic E-state index is 0.0913. The molecule has 3 heteroatoms. The Kier molecular flexibility index (Phi) is 8.52. The van der Waals surface area contributed by atoms with Gasteiger partial charge in [0, 0.05) is 19.2 Å². The molecule has 0 bridgehead atoms. The van der Waals surface area contributed by atoms with Gasteiger partial charge in [-0.1, -0.05) is 39.5 Å². The van der Waals surface area contributed by atoms with E-state index in [4.69, 9.17) is 4.42 Å². The number of carbonyl (C=O) groups is 1. The van der Waals surface area contributed by atoms with E-state index >= 15 is 0 Å². The van der Waals surface area contributed by atoms with Gasteiger partial charge >= 0.3 is 0 Å². The number of rotatable bonds is 10. The highest BCUT2D eigenvalue weighted by molar-refractivity contribution is 5.91. The third kappa shape index (κ3) is 6.60. The van der Waals surface area contributed by atoms with Gasteiger partial charge in [-0.2, -0.15) is 0 Å². The first-order valence-electron chi connectivity index (χ1n) is 7.78. The molecule has 0 aliphatic rings. The second-order valence-corrected chi connectivity index (χ2v) is 5.09. The highest BCUT2D eigenvalue weighted by atomic mass is 16.3. The molecule has 0 fully saturated rings. The molecule has 0 atom stereocenters. The summed E-state index contributed by atoms with van der Waals surface area (Å²) in [5, 5.41) is 0. The highest BCUT2D eigenvalue weighted by Gasteiger charge is 2.09. The molecule has 0 aromatic carbocycles. The molecule has 0 unspecified atom stereocenters. The lowest BCUT2D eigenvalue weighted by Gasteiger charge is -2.21. The van der Waals surface area contributed by atoms with Crippen molar-refractivity contribution in [3.8, 4) is 0 Å². The van der Waals surface area contributed by atoms with E-state index in [-0.39, 0.29) is 5.91 Å². The fourth-order valence-electron chi connectivity index (χ4n) is 2.08. The van der Waals surface area contributed by atoms with Crippen molar-refractivity contribution in [2.45, 2.75) is 52.4 Å². The van der Waals surface area contributed by atoms with Crippen LogP contribution in [0, 0.1) is 0 Å². The van der Waals surface area contributed by atoms with Crippen molar-refractivity contribution in [3.63, 3.8) is 0 Å². The van der Waals surface area contributed by atoms with Gasteiger partial charge in [0.05, 0.1) is 6.26 Å². The zero-order chi connectivity index (χ0) is 14.6. The first-order valence-corrected chi connectivity index (χ1v) is 7.78. The van der Waals surface area contributed by atoms with E-state index < -0.39 is 0 Å². The van der Waals surface area contributed by atoms with E-state index in [1.807, 2.05) is 17.0 Å². The van der Waals surface area contributed by atoms with Crippen LogP contribution in [-0.2, 0) is 4.79 Å². The zero-order valence-electron chi connectivity index (χ0n) is 12.8. The fraction of sp³-hybridized carbons (Fsp3) is 0.588. The molecule has 1 aromatic heterocycles. The van der Waals surface area contributed by atoms with Crippen molar-refractivity contribution >= 4 is 12.0 Å². The predicted molar refractivity (Wildman–Crippen MR) is 83.4 cm³/mol. The largest absolute Gasteiger partial charge is 0.465 e. The van der Waals surface area contributed by atoms with Gasteiger partial charge in [0.25, 0.3) is 0 Å². The van der Waals surface area contributed by atoms with E-state index in [1.54, 1.807) is 18.4 Å². The quantitative estimate of drug-likeness (QED) is 0.466. The summed E-state index contributed by atoms with van der Waals surface area (Å²) in [5.41, 5.74) is 0. The standard InChI is InChI=1S/C17H27NO2/c1-3-5-7-13-18(14-8-6-4-2)17(19)12-11-16-10-9-15-20-16/h9-12,15H,3-8,13-14H2,1-2H3/b12-11+. The maximum absolute atomic E-state index is 12.2. The minimum Gasteiger partial charge on any atom is -0.465 e. The van der Waals surface area contributed by atoms with Crippen molar-refractivity contribution in [2.24, 2.45) is 0 Å². The van der Waals surface area contributed by atoms with Gasteiger partial charge in [-0.3, -0.25) is 4.79 Å². The maximum atomic E-state index is 12.2. The Balaban J connectivity index is 2.48. The number of furan rings is 1. The van der Waals surface area contributed by atoms with Gasteiger partial charge < -0.3 is 9.32 Å². The second-order valence-electron chi connectivity index (χ2n) is 5.09. The normalized spacial score (nSPS) is 11.1. The van der Waals surface area contributed by atoms with Crippen LogP contribution >= 0.6 is 0 Å². The molecule has 1 rings (SSSR count). The summed E-state index contributed by atoms with van der Waals surface area (Å²) >= 11 is 0. The molecule has 0 aliphatic carbocycles. The summed E-state index contributed by atoms with van der Waals surface area (Å²) in [4.78, 5) is 14.2. The summed E-state index contributed by atoms with van der Waals surface area (Å²) in [5.74, 6) is 0.814. The number of hydrogen-bond donors (Lipinski definition) is 0. The van der Waals surface area contributed by atoms with Gasteiger partial charge in [0.1, 0.15) is 5.76 Å². The van der Waals surface area contributed by atoms with Crippen LogP contribution in [0.1, 0.15) is 58.1 Å². The second kappa shape index (κ2) is 10.3. The topological polar surface area (TPSA) is 33.5 Å². The van der Waals surface area contributed by atoms with E-state index in [0.29, 0.717) is 0 Å². The van der Waals surface area contributed by atoms with E-state index in [9.17, 15) is 4.79 Å². The lowest BCUT2D eigenvalue weighted by molar-refractivity contribution is -0.126. The molecule has 3 nitrogen and oxygen atoms in total. The van der Waals surface area contributed by atoms with Crippen LogP contribution in [0.5, 0.6) is 0 Å². The Labute approximate surface area is 122 Å². The number of nitrogens with zero attached hydrogens (tertiary/aromatic N) is 1. The molecule has 20 heavy (non-hydrogen) atoms. The Morgan fingerprint density at radius 1 is 1.15 bits per heavy atom. The summed E-state index contributed by atoms with van der Waals surface area (Å²) in [6.45, 7) is 6.08. The van der Waals surface area contributed by atoms with Crippen molar-refractivity contribution in [2.75, 3.05) is 13.1 Å². The molecule has 0 spiro atoms. The SMILES string of the molecule is CCCCCN(CCCCC)C(=O)/C=C/c1ccco1. The number of hydrogen-bond acceptors (Lipinski definition) is 2. The third-order valence-corrected chi connectivity index (χ3v) is 3.31. The Morgan fingerprint density at radius 3 is 2.30 bits per heavy atom. The van der Waals surface area contributed by atoms with Gasteiger partial charge in [0.15, 0.2) is 0 Å². The molecule has 0 saturated carbocycles. The molecule has 1 heterocycles. The van der Waals surface area contributed by atoms with Gasteiger partial charge in [-0.15, -0.1) is 0 Å². The van der Waals surface area contributed by atoms with E-state index in [1.165, 1.54) is 25.7 Å². The number of carbonyl (C=O) groups excluding carboxylic acids is 1. The van der Waals surface area contributed by atoms with Gasteiger partial charge in [0.2, 0.25) is 5.91 Å². The van der Waals surface area contributed by atoms with Crippen LogP contribution in [0.15, 0.2) is 28.9 Å². The maximum Gasteiger partial charge on any atom is 0.246 e. The van der Waals surface area contributed by atoms with Crippen LogP contribution in [0.25, 0.3) is 6.08 Å². The summed E-state index contributed by atoms with van der Waals surface area (Å²) in [7, 11) is 0. The van der Waals surface area contributed by atoms with Gasteiger partial charge in [-0.25, -0.2) is 0 Å². The monoisotopic (exact) mass is 277 g/mol. The fourth-order valence-corrected chi connectivity index (χ4v) is 2.08. The molecule has 0 radical (unpaired) electrons. The van der Waals surface area contributed by atoms with Crippen molar-refractivity contribution in [3.05, 3.63) is 30.2 Å². The average molecular weight is 277 g/mol. The van der Waals surface area contributed by atoms with Crippen molar-refractivity contribution in [1.82, 2.24) is 4.90 Å². The molecular weight excluding hydrogens is 250 g/mol. The lowest BCUT2D eigenvalue weighted by atomic mass is 10.2. The predicted octanol–water partition coefficient (Wildman–Crippen LogP) is 4.50. The van der Waals surface area contributed by atoms with Crippen molar-refractivity contribution in [1.29, 1.82) is 0 Å². The first-order chi connectivity index (χ1) is 9.77. The highest BCUT2D eigenvalue weighted by Crippen LogP contribution is 2.06. The smallest absolute Gasteiger partial charge is 0.246 e. The Hall–Kier alpha value is -1.51. The summed E-state index contributed by atoms with van der Waals surface area (Å²) in [6.07, 6.45) is 11.9. The van der Waals surface area contributed by atoms with Crippen LogP contribution in [0.4, 0.5) is 0 Å². The number of unbranched alkanes of at least 4 members (excludes halogenated alkanes) is 4. The zero-order valence-corrected chi connectivity index (χ0v) is 12.8. The van der Waals surface area contributed by atoms with Crippen LogP contribution in [-0.4, -0.2) is 23.9 Å². The molecule has 112 valence electrons.